The molecule has 0 bridgehead atoms. The van der Waals surface area contributed by atoms with Crippen LogP contribution in [0.5, 0.6) is 0 Å². The molecule has 2 rings (SSSR count). The van der Waals surface area contributed by atoms with E-state index in [2.05, 4.69) is 18.7 Å². The number of rotatable bonds is 3. The summed E-state index contributed by atoms with van der Waals surface area (Å²) in [5, 5.41) is 0. The van der Waals surface area contributed by atoms with E-state index in [9.17, 15) is 0 Å². The monoisotopic (exact) mass is 224 g/mol. The maximum absolute atomic E-state index is 6.17. The van der Waals surface area contributed by atoms with Crippen LogP contribution >= 0.6 is 0 Å². The lowest BCUT2D eigenvalue weighted by atomic mass is 9.75. The van der Waals surface area contributed by atoms with Gasteiger partial charge in [0.25, 0.3) is 0 Å². The molecule has 1 saturated carbocycles. The smallest absolute Gasteiger partial charge is 0.0191 e. The summed E-state index contributed by atoms with van der Waals surface area (Å²) < 4.78 is 0. The van der Waals surface area contributed by atoms with Gasteiger partial charge in [0.15, 0.2) is 0 Å². The minimum absolute atomic E-state index is 0.361. The number of fused-ring (bicyclic) bond motifs is 1. The average molecular weight is 224 g/mol. The summed E-state index contributed by atoms with van der Waals surface area (Å²) >= 11 is 0. The van der Waals surface area contributed by atoms with E-state index in [0.29, 0.717) is 12.0 Å². The zero-order chi connectivity index (χ0) is 11.5. The third kappa shape index (κ3) is 2.98. The van der Waals surface area contributed by atoms with Crippen molar-refractivity contribution >= 4 is 0 Å². The van der Waals surface area contributed by atoms with Crippen LogP contribution in [-0.2, 0) is 0 Å². The molecule has 0 spiro atoms. The molecular formula is C14H28N2. The Morgan fingerprint density at radius 1 is 1.12 bits per heavy atom. The second-order valence-corrected chi connectivity index (χ2v) is 6.26. The molecule has 2 heteroatoms. The highest BCUT2D eigenvalue weighted by molar-refractivity contribution is 4.85. The summed E-state index contributed by atoms with van der Waals surface area (Å²) in [4.78, 5) is 2.62. The van der Waals surface area contributed by atoms with E-state index in [4.69, 9.17) is 5.73 Å². The number of hydrogen-bond donors (Lipinski definition) is 1. The van der Waals surface area contributed by atoms with E-state index >= 15 is 0 Å². The fourth-order valence-electron chi connectivity index (χ4n) is 3.35. The number of hydrogen-bond acceptors (Lipinski definition) is 2. The molecule has 2 fully saturated rings. The Hall–Kier alpha value is -0.0800. The van der Waals surface area contributed by atoms with Crippen molar-refractivity contribution in [1.29, 1.82) is 0 Å². The predicted octanol–water partition coefficient (Wildman–Crippen LogP) is 2.48. The first-order valence-electron chi connectivity index (χ1n) is 7.14. The molecule has 0 aromatic rings. The Bertz CT molecular complexity index is 215. The summed E-state index contributed by atoms with van der Waals surface area (Å²) in [5.74, 6) is 2.64. The molecule has 0 unspecified atom stereocenters. The minimum Gasteiger partial charge on any atom is -0.326 e. The lowest BCUT2D eigenvalue weighted by molar-refractivity contribution is 0.0794. The van der Waals surface area contributed by atoms with E-state index in [0.717, 1.165) is 18.4 Å². The molecule has 1 saturated heterocycles. The molecule has 3 atom stereocenters. The topological polar surface area (TPSA) is 29.3 Å². The van der Waals surface area contributed by atoms with Crippen LogP contribution in [0.1, 0.15) is 46.0 Å². The van der Waals surface area contributed by atoms with Crippen molar-refractivity contribution in [3.8, 4) is 0 Å². The van der Waals surface area contributed by atoms with Crippen molar-refractivity contribution in [2.75, 3.05) is 19.6 Å². The largest absolute Gasteiger partial charge is 0.326 e. The predicted molar refractivity (Wildman–Crippen MR) is 69.3 cm³/mol. The standard InChI is InChI=1S/C14H28N2/c1-11(2)14(15)10-16-8-7-12-5-3-4-6-13(12)9-16/h11-14H,3-10,15H2,1-2H3/t12-,13-,14-/m1/s1. The Morgan fingerprint density at radius 3 is 2.50 bits per heavy atom. The fourth-order valence-corrected chi connectivity index (χ4v) is 3.35. The lowest BCUT2D eigenvalue weighted by Crippen LogP contribution is -2.47. The van der Waals surface area contributed by atoms with Gasteiger partial charge in [0.2, 0.25) is 0 Å². The van der Waals surface area contributed by atoms with Gasteiger partial charge < -0.3 is 10.6 Å². The fraction of sp³-hybridized carbons (Fsp3) is 1.00. The Morgan fingerprint density at radius 2 is 1.81 bits per heavy atom. The quantitative estimate of drug-likeness (QED) is 0.798. The van der Waals surface area contributed by atoms with Crippen LogP contribution in [-0.4, -0.2) is 30.6 Å². The number of piperidine rings is 1. The number of likely N-dealkylation sites (tertiary alicyclic amines) is 1. The van der Waals surface area contributed by atoms with Gasteiger partial charge in [-0.3, -0.25) is 0 Å². The zero-order valence-corrected chi connectivity index (χ0v) is 11.0. The maximum Gasteiger partial charge on any atom is 0.0191 e. The molecule has 2 N–H and O–H groups in total. The molecule has 0 aromatic carbocycles. The van der Waals surface area contributed by atoms with E-state index in [1.54, 1.807) is 0 Å². The van der Waals surface area contributed by atoms with Gasteiger partial charge >= 0.3 is 0 Å². The van der Waals surface area contributed by atoms with Gasteiger partial charge in [-0.1, -0.05) is 33.1 Å². The molecule has 1 aliphatic heterocycles. The summed E-state index contributed by atoms with van der Waals surface area (Å²) in [7, 11) is 0. The molecule has 0 aromatic heterocycles. The molecule has 0 amide bonds. The molecule has 16 heavy (non-hydrogen) atoms. The molecular weight excluding hydrogens is 196 g/mol. The van der Waals surface area contributed by atoms with Crippen LogP contribution in [0, 0.1) is 17.8 Å². The van der Waals surface area contributed by atoms with Crippen molar-refractivity contribution in [1.82, 2.24) is 4.90 Å². The molecule has 1 aliphatic carbocycles. The van der Waals surface area contributed by atoms with E-state index in [1.165, 1.54) is 45.2 Å². The summed E-state index contributed by atoms with van der Waals surface area (Å²) in [6, 6.07) is 0.361. The Labute approximate surface area is 101 Å². The van der Waals surface area contributed by atoms with Crippen molar-refractivity contribution in [2.45, 2.75) is 52.0 Å². The second kappa shape index (κ2) is 5.50. The summed E-state index contributed by atoms with van der Waals surface area (Å²) in [6.45, 7) is 8.20. The van der Waals surface area contributed by atoms with Gasteiger partial charge in [0.1, 0.15) is 0 Å². The van der Waals surface area contributed by atoms with Gasteiger partial charge in [-0.25, -0.2) is 0 Å². The van der Waals surface area contributed by atoms with Gasteiger partial charge in [0.05, 0.1) is 0 Å². The normalized spacial score (nSPS) is 33.8. The van der Waals surface area contributed by atoms with Crippen LogP contribution in [0.2, 0.25) is 0 Å². The first kappa shape index (κ1) is 12.4. The first-order valence-corrected chi connectivity index (χ1v) is 7.14. The zero-order valence-electron chi connectivity index (χ0n) is 11.0. The van der Waals surface area contributed by atoms with E-state index in [-0.39, 0.29) is 0 Å². The second-order valence-electron chi connectivity index (χ2n) is 6.26. The summed E-state index contributed by atoms with van der Waals surface area (Å²) in [5.41, 5.74) is 6.17. The Kier molecular flexibility index (Phi) is 4.26. The minimum atomic E-state index is 0.361. The van der Waals surface area contributed by atoms with Crippen LogP contribution in [0.15, 0.2) is 0 Å². The third-order valence-electron chi connectivity index (χ3n) is 4.70. The van der Waals surface area contributed by atoms with Crippen molar-refractivity contribution in [3.05, 3.63) is 0 Å². The maximum atomic E-state index is 6.17. The molecule has 1 heterocycles. The highest BCUT2D eigenvalue weighted by atomic mass is 15.1. The highest BCUT2D eigenvalue weighted by Gasteiger charge is 2.31. The van der Waals surface area contributed by atoms with Gasteiger partial charge in [-0.05, 0) is 37.1 Å². The van der Waals surface area contributed by atoms with Crippen molar-refractivity contribution in [3.63, 3.8) is 0 Å². The van der Waals surface area contributed by atoms with Crippen LogP contribution in [0.3, 0.4) is 0 Å². The molecule has 0 radical (unpaired) electrons. The van der Waals surface area contributed by atoms with Gasteiger partial charge in [-0.2, -0.15) is 0 Å². The molecule has 2 nitrogen and oxygen atoms in total. The average Bonchev–Trinajstić information content (AvgIpc) is 2.28. The van der Waals surface area contributed by atoms with Gasteiger partial charge in [0, 0.05) is 19.1 Å². The Balaban J connectivity index is 1.80. The van der Waals surface area contributed by atoms with Crippen molar-refractivity contribution < 1.29 is 0 Å². The van der Waals surface area contributed by atoms with Crippen LogP contribution in [0.25, 0.3) is 0 Å². The first-order chi connectivity index (χ1) is 7.66. The summed E-state index contributed by atoms with van der Waals surface area (Å²) in [6.07, 6.45) is 7.33. The lowest BCUT2D eigenvalue weighted by Gasteiger charge is -2.42. The van der Waals surface area contributed by atoms with Crippen LogP contribution < -0.4 is 5.73 Å². The van der Waals surface area contributed by atoms with Crippen molar-refractivity contribution in [2.24, 2.45) is 23.5 Å². The number of nitrogens with two attached hydrogens (primary N) is 1. The van der Waals surface area contributed by atoms with Crippen LogP contribution in [0.4, 0.5) is 0 Å². The number of nitrogens with zero attached hydrogens (tertiary/aromatic N) is 1. The third-order valence-corrected chi connectivity index (χ3v) is 4.70. The van der Waals surface area contributed by atoms with E-state index < -0.39 is 0 Å². The molecule has 2 aliphatic rings. The van der Waals surface area contributed by atoms with E-state index in [1.807, 2.05) is 0 Å². The van der Waals surface area contributed by atoms with Gasteiger partial charge in [-0.15, -0.1) is 0 Å². The molecule has 94 valence electrons. The SMILES string of the molecule is CC(C)[C@H](N)CN1CC[C@H]2CCCC[C@@H]2C1. The highest BCUT2D eigenvalue weighted by Crippen LogP contribution is 2.35.